The zero-order chi connectivity index (χ0) is 30.2. The number of nitrogens with zero attached hydrogens (tertiary/aromatic N) is 4. The summed E-state index contributed by atoms with van der Waals surface area (Å²) >= 11 is 0. The van der Waals surface area contributed by atoms with Crippen LogP contribution in [0.2, 0.25) is 0 Å². The summed E-state index contributed by atoms with van der Waals surface area (Å²) in [5.74, 6) is 0. The molecule has 0 aliphatic rings. The summed E-state index contributed by atoms with van der Waals surface area (Å²) < 4.78 is 3.16. The van der Waals surface area contributed by atoms with Crippen molar-refractivity contribution in [3.63, 3.8) is 0 Å². The number of pyridine rings is 2. The lowest BCUT2D eigenvalue weighted by Gasteiger charge is -2.09. The largest absolute Gasteiger partial charge is 0.348 e. The molecular formula is C35H26N6O3. The first-order valence-electron chi connectivity index (χ1n) is 14.2. The highest BCUT2D eigenvalue weighted by molar-refractivity contribution is 5.98. The first kappa shape index (κ1) is 26.8. The SMILES string of the molecule is CCc1ccc(-c2cc3n[nH]c(=O)n3c3ccccc23)cc1.O=Cc1ccc(-c2cc3n[nH]c(=O)n3c3ccccc23)cc1. The van der Waals surface area contributed by atoms with Crippen LogP contribution in [0.5, 0.6) is 0 Å². The topological polar surface area (TPSA) is 117 Å². The van der Waals surface area contributed by atoms with Gasteiger partial charge in [-0.25, -0.2) is 28.6 Å². The molecule has 0 atom stereocenters. The molecule has 0 bridgehead atoms. The van der Waals surface area contributed by atoms with Gasteiger partial charge in [-0.2, -0.15) is 10.2 Å². The molecule has 4 aromatic carbocycles. The number of aromatic nitrogens is 6. The summed E-state index contributed by atoms with van der Waals surface area (Å²) in [5, 5.41) is 15.2. The van der Waals surface area contributed by atoms with E-state index in [1.165, 1.54) is 5.56 Å². The minimum atomic E-state index is -0.256. The van der Waals surface area contributed by atoms with E-state index in [9.17, 15) is 14.4 Å². The van der Waals surface area contributed by atoms with Crippen molar-refractivity contribution in [1.82, 2.24) is 29.2 Å². The fourth-order valence-electron chi connectivity index (χ4n) is 5.62. The summed E-state index contributed by atoms with van der Waals surface area (Å²) in [6.45, 7) is 2.15. The zero-order valence-corrected chi connectivity index (χ0v) is 23.7. The summed E-state index contributed by atoms with van der Waals surface area (Å²) in [5.41, 5.74) is 8.51. The Morgan fingerprint density at radius 1 is 0.636 bits per heavy atom. The molecule has 0 amide bonds. The Hall–Kier alpha value is -6.09. The van der Waals surface area contributed by atoms with Crippen LogP contribution in [0.4, 0.5) is 0 Å². The van der Waals surface area contributed by atoms with Crippen molar-refractivity contribution in [2.45, 2.75) is 13.3 Å². The molecule has 0 spiro atoms. The van der Waals surface area contributed by atoms with Gasteiger partial charge in [0.15, 0.2) is 11.3 Å². The van der Waals surface area contributed by atoms with E-state index >= 15 is 0 Å². The standard InChI is InChI=1S/C18H15N3O.C17H11N3O2/c1-2-12-7-9-13(10-8-12)15-11-17-19-20-18(22)21(17)16-6-4-3-5-14(15)16;21-10-11-5-7-12(8-6-11)14-9-16-18-19-17(22)20(16)15-4-2-1-3-13(14)15/h3-11H,2H2,1H3,(H,20,22);1-10H,(H,19,22). The van der Waals surface area contributed by atoms with Crippen LogP contribution in [0.3, 0.4) is 0 Å². The molecule has 8 rings (SSSR count). The van der Waals surface area contributed by atoms with Gasteiger partial charge < -0.3 is 0 Å². The van der Waals surface area contributed by atoms with Crippen LogP contribution >= 0.6 is 0 Å². The van der Waals surface area contributed by atoms with E-state index in [0.29, 0.717) is 16.9 Å². The molecular weight excluding hydrogens is 552 g/mol. The Balaban J connectivity index is 0.000000142. The molecule has 4 heterocycles. The Bertz CT molecular complexity index is 2430. The van der Waals surface area contributed by atoms with Gasteiger partial charge >= 0.3 is 11.4 Å². The fraction of sp³-hybridized carbons (Fsp3) is 0.0571. The smallest absolute Gasteiger partial charge is 0.298 e. The zero-order valence-electron chi connectivity index (χ0n) is 23.7. The van der Waals surface area contributed by atoms with Gasteiger partial charge in [-0.05, 0) is 58.5 Å². The molecule has 0 saturated heterocycles. The Labute approximate surface area is 250 Å². The van der Waals surface area contributed by atoms with Crippen molar-refractivity contribution >= 4 is 39.4 Å². The Kier molecular flexibility index (Phi) is 6.67. The van der Waals surface area contributed by atoms with Gasteiger partial charge in [0.05, 0.1) is 11.0 Å². The predicted octanol–water partition coefficient (Wildman–Crippen LogP) is 6.06. The highest BCUT2D eigenvalue weighted by atomic mass is 16.2. The van der Waals surface area contributed by atoms with Gasteiger partial charge in [0.25, 0.3) is 0 Å². The van der Waals surface area contributed by atoms with E-state index in [2.05, 4.69) is 51.6 Å². The van der Waals surface area contributed by atoms with Crippen molar-refractivity contribution < 1.29 is 4.79 Å². The van der Waals surface area contributed by atoms with Crippen LogP contribution in [0, 0.1) is 0 Å². The van der Waals surface area contributed by atoms with Crippen molar-refractivity contribution in [2.75, 3.05) is 0 Å². The number of hydrogen-bond donors (Lipinski definition) is 2. The van der Waals surface area contributed by atoms with E-state index in [1.54, 1.807) is 20.9 Å². The fourth-order valence-corrected chi connectivity index (χ4v) is 5.62. The second-order valence-corrected chi connectivity index (χ2v) is 10.4. The van der Waals surface area contributed by atoms with E-state index in [4.69, 9.17) is 0 Å². The summed E-state index contributed by atoms with van der Waals surface area (Å²) in [4.78, 5) is 34.7. The number of aromatic amines is 2. The summed E-state index contributed by atoms with van der Waals surface area (Å²) in [6.07, 6.45) is 1.84. The molecule has 2 N–H and O–H groups in total. The van der Waals surface area contributed by atoms with E-state index in [0.717, 1.165) is 56.8 Å². The Morgan fingerprint density at radius 3 is 1.55 bits per heavy atom. The monoisotopic (exact) mass is 578 g/mol. The average Bonchev–Trinajstić information content (AvgIpc) is 3.66. The summed E-state index contributed by atoms with van der Waals surface area (Å²) in [7, 11) is 0. The van der Waals surface area contributed by atoms with E-state index in [1.807, 2.05) is 72.8 Å². The minimum absolute atomic E-state index is 0.209. The number of carbonyl (C=O) groups excluding carboxylic acids is 1. The van der Waals surface area contributed by atoms with Crippen LogP contribution in [0.1, 0.15) is 22.8 Å². The molecule has 8 aromatic rings. The molecule has 0 unspecified atom stereocenters. The normalized spacial score (nSPS) is 11.2. The number of benzene rings is 4. The molecule has 0 aliphatic heterocycles. The lowest BCUT2D eigenvalue weighted by molar-refractivity contribution is 0.112. The van der Waals surface area contributed by atoms with E-state index in [-0.39, 0.29) is 11.4 Å². The molecule has 9 heteroatoms. The molecule has 0 fully saturated rings. The number of nitrogens with one attached hydrogen (secondary N) is 2. The van der Waals surface area contributed by atoms with Gasteiger partial charge in [-0.1, -0.05) is 91.9 Å². The second-order valence-electron chi connectivity index (χ2n) is 10.4. The van der Waals surface area contributed by atoms with Gasteiger partial charge in [-0.15, -0.1) is 0 Å². The maximum Gasteiger partial charge on any atom is 0.348 e. The number of carbonyl (C=O) groups is 1. The molecule has 0 radical (unpaired) electrons. The van der Waals surface area contributed by atoms with Gasteiger partial charge in [0.2, 0.25) is 0 Å². The molecule has 214 valence electrons. The first-order chi connectivity index (χ1) is 21.6. The summed E-state index contributed by atoms with van der Waals surface area (Å²) in [6, 6.07) is 35.3. The number of rotatable bonds is 4. The molecule has 4 aromatic heterocycles. The minimum Gasteiger partial charge on any atom is -0.298 e. The predicted molar refractivity (Wildman–Crippen MR) is 172 cm³/mol. The third-order valence-corrected chi connectivity index (χ3v) is 7.84. The number of para-hydroxylation sites is 2. The van der Waals surface area contributed by atoms with Gasteiger partial charge in [-0.3, -0.25) is 4.79 Å². The maximum absolute atomic E-state index is 12.0. The number of fused-ring (bicyclic) bond motifs is 6. The lowest BCUT2D eigenvalue weighted by Crippen LogP contribution is -2.10. The molecule has 9 nitrogen and oxygen atoms in total. The van der Waals surface area contributed by atoms with Crippen molar-refractivity contribution in [3.05, 3.63) is 141 Å². The third-order valence-electron chi connectivity index (χ3n) is 7.84. The van der Waals surface area contributed by atoms with Crippen LogP contribution in [0.25, 0.3) is 55.4 Å². The van der Waals surface area contributed by atoms with Crippen LogP contribution in [-0.2, 0) is 6.42 Å². The number of hydrogen-bond acceptors (Lipinski definition) is 5. The van der Waals surface area contributed by atoms with Crippen molar-refractivity contribution in [1.29, 1.82) is 0 Å². The maximum atomic E-state index is 12.0. The van der Waals surface area contributed by atoms with Crippen LogP contribution in [-0.4, -0.2) is 35.5 Å². The van der Waals surface area contributed by atoms with Crippen LogP contribution in [0.15, 0.2) is 119 Å². The lowest BCUT2D eigenvalue weighted by atomic mass is 9.99. The van der Waals surface area contributed by atoms with Crippen molar-refractivity contribution in [2.24, 2.45) is 0 Å². The highest BCUT2D eigenvalue weighted by Crippen LogP contribution is 2.31. The van der Waals surface area contributed by atoms with Crippen molar-refractivity contribution in [3.8, 4) is 22.3 Å². The van der Waals surface area contributed by atoms with Crippen LogP contribution < -0.4 is 11.4 Å². The molecule has 0 aliphatic carbocycles. The average molecular weight is 579 g/mol. The quantitative estimate of drug-likeness (QED) is 0.246. The number of H-pyrrole nitrogens is 2. The molecule has 0 saturated carbocycles. The Morgan fingerprint density at radius 2 is 1.09 bits per heavy atom. The van der Waals surface area contributed by atoms with E-state index < -0.39 is 0 Å². The highest BCUT2D eigenvalue weighted by Gasteiger charge is 2.12. The third kappa shape index (κ3) is 4.57. The van der Waals surface area contributed by atoms with Gasteiger partial charge in [0.1, 0.15) is 6.29 Å². The molecule has 44 heavy (non-hydrogen) atoms. The number of aryl methyl sites for hydroxylation is 1. The van der Waals surface area contributed by atoms with Gasteiger partial charge in [0, 0.05) is 16.3 Å². The first-order valence-corrected chi connectivity index (χ1v) is 14.2. The number of aldehydes is 1. The second kappa shape index (κ2) is 11.0.